The van der Waals surface area contributed by atoms with Crippen molar-refractivity contribution in [3.05, 3.63) is 95.3 Å². The topological polar surface area (TPSA) is 29.0 Å². The van der Waals surface area contributed by atoms with Crippen molar-refractivity contribution in [2.75, 3.05) is 13.1 Å². The number of nitrogens with zero attached hydrogens (tertiary/aromatic N) is 3. The van der Waals surface area contributed by atoms with E-state index in [-0.39, 0.29) is 5.82 Å². The number of piperidine rings is 1. The number of rotatable bonds is 5. The van der Waals surface area contributed by atoms with Crippen LogP contribution in [0.4, 0.5) is 4.39 Å². The van der Waals surface area contributed by atoms with Crippen molar-refractivity contribution in [3.63, 3.8) is 0 Å². The Bertz CT molecular complexity index is 864. The van der Waals surface area contributed by atoms with Crippen LogP contribution in [0.15, 0.2) is 67.0 Å². The van der Waals surface area contributed by atoms with Crippen LogP contribution in [-0.2, 0) is 13.0 Å². The first kappa shape index (κ1) is 17.8. The molecule has 0 amide bonds. The molecule has 0 aliphatic carbocycles. The number of hydrogen-bond donors (Lipinski definition) is 0. The van der Waals surface area contributed by atoms with Gasteiger partial charge in [-0.3, -0.25) is 14.9 Å². The third-order valence-electron chi connectivity index (χ3n) is 5.21. The molecule has 27 heavy (non-hydrogen) atoms. The predicted molar refractivity (Wildman–Crippen MR) is 105 cm³/mol. The van der Waals surface area contributed by atoms with Crippen LogP contribution in [0, 0.1) is 5.82 Å². The van der Waals surface area contributed by atoms with Crippen LogP contribution in [0.5, 0.6) is 0 Å². The van der Waals surface area contributed by atoms with Crippen molar-refractivity contribution in [2.24, 2.45) is 0 Å². The van der Waals surface area contributed by atoms with E-state index < -0.39 is 0 Å². The summed E-state index contributed by atoms with van der Waals surface area (Å²) in [7, 11) is 0. The van der Waals surface area contributed by atoms with Gasteiger partial charge in [0.2, 0.25) is 0 Å². The normalized spacial score (nSPS) is 17.7. The second-order valence-corrected chi connectivity index (χ2v) is 7.29. The van der Waals surface area contributed by atoms with Gasteiger partial charge >= 0.3 is 0 Å². The van der Waals surface area contributed by atoms with E-state index in [0.29, 0.717) is 5.92 Å². The predicted octanol–water partition coefficient (Wildman–Crippen LogP) is 4.59. The Morgan fingerprint density at radius 3 is 2.59 bits per heavy atom. The molecule has 0 bridgehead atoms. The Hall–Kier alpha value is -2.59. The molecular weight excluding hydrogens is 337 g/mol. The van der Waals surface area contributed by atoms with Gasteiger partial charge in [-0.25, -0.2) is 4.39 Å². The van der Waals surface area contributed by atoms with Gasteiger partial charge in [0.25, 0.3) is 0 Å². The summed E-state index contributed by atoms with van der Waals surface area (Å²) in [6.45, 7) is 3.14. The van der Waals surface area contributed by atoms with Gasteiger partial charge in [-0.2, -0.15) is 0 Å². The Morgan fingerprint density at radius 1 is 0.963 bits per heavy atom. The lowest BCUT2D eigenvalue weighted by Crippen LogP contribution is -2.34. The molecule has 1 aliphatic heterocycles. The van der Waals surface area contributed by atoms with E-state index in [0.717, 1.165) is 37.3 Å². The molecule has 3 aromatic rings. The molecule has 2 aromatic heterocycles. The summed E-state index contributed by atoms with van der Waals surface area (Å²) in [5, 5.41) is 0. The summed E-state index contributed by atoms with van der Waals surface area (Å²) >= 11 is 0. The van der Waals surface area contributed by atoms with E-state index in [1.165, 1.54) is 36.2 Å². The maximum absolute atomic E-state index is 13.1. The molecule has 1 saturated heterocycles. The molecule has 0 radical (unpaired) electrons. The van der Waals surface area contributed by atoms with E-state index in [4.69, 9.17) is 4.98 Å². The van der Waals surface area contributed by atoms with Crippen LogP contribution >= 0.6 is 0 Å². The van der Waals surface area contributed by atoms with Crippen molar-refractivity contribution in [3.8, 4) is 0 Å². The van der Waals surface area contributed by atoms with Gasteiger partial charge < -0.3 is 0 Å². The standard InChI is InChI=1S/C23H24FN3/c24-21-8-6-18(7-9-21)15-22-4-1-5-23(26-22)20-3-2-14-27(17-20)16-19-10-12-25-13-11-19/h1,4-13,20H,2-3,14-17H2/t20-/m1/s1. The van der Waals surface area contributed by atoms with Crippen molar-refractivity contribution in [1.82, 2.24) is 14.9 Å². The zero-order chi connectivity index (χ0) is 18.5. The fourth-order valence-electron chi connectivity index (χ4n) is 3.82. The molecule has 138 valence electrons. The lowest BCUT2D eigenvalue weighted by molar-refractivity contribution is 0.198. The van der Waals surface area contributed by atoms with Crippen LogP contribution in [0.2, 0.25) is 0 Å². The summed E-state index contributed by atoms with van der Waals surface area (Å²) in [5.74, 6) is 0.269. The molecule has 0 N–H and O–H groups in total. The van der Waals surface area contributed by atoms with Crippen molar-refractivity contribution in [2.45, 2.75) is 31.7 Å². The van der Waals surface area contributed by atoms with E-state index >= 15 is 0 Å². The number of hydrogen-bond acceptors (Lipinski definition) is 3. The highest BCUT2D eigenvalue weighted by Crippen LogP contribution is 2.27. The smallest absolute Gasteiger partial charge is 0.123 e. The van der Waals surface area contributed by atoms with E-state index in [1.807, 2.05) is 24.5 Å². The Morgan fingerprint density at radius 2 is 1.78 bits per heavy atom. The van der Waals surface area contributed by atoms with Gasteiger partial charge in [-0.1, -0.05) is 18.2 Å². The Labute approximate surface area is 159 Å². The van der Waals surface area contributed by atoms with Crippen molar-refractivity contribution < 1.29 is 4.39 Å². The largest absolute Gasteiger partial charge is 0.298 e. The first-order valence-corrected chi connectivity index (χ1v) is 9.58. The van der Waals surface area contributed by atoms with Gasteiger partial charge in [-0.15, -0.1) is 0 Å². The number of likely N-dealkylation sites (tertiary alicyclic amines) is 1. The monoisotopic (exact) mass is 361 g/mol. The molecule has 0 unspecified atom stereocenters. The number of halogens is 1. The van der Waals surface area contributed by atoms with Gasteiger partial charge in [0.05, 0.1) is 0 Å². The fraction of sp³-hybridized carbons (Fsp3) is 0.304. The summed E-state index contributed by atoms with van der Waals surface area (Å²) < 4.78 is 13.1. The summed E-state index contributed by atoms with van der Waals surface area (Å²) in [6.07, 6.45) is 6.83. The zero-order valence-electron chi connectivity index (χ0n) is 15.4. The van der Waals surface area contributed by atoms with Gasteiger partial charge in [-0.05, 0) is 66.9 Å². The third kappa shape index (κ3) is 4.77. The highest BCUT2D eigenvalue weighted by Gasteiger charge is 2.22. The first-order valence-electron chi connectivity index (χ1n) is 9.58. The second-order valence-electron chi connectivity index (χ2n) is 7.29. The molecule has 0 saturated carbocycles. The maximum atomic E-state index is 13.1. The van der Waals surface area contributed by atoms with Crippen LogP contribution in [0.1, 0.15) is 41.3 Å². The third-order valence-corrected chi connectivity index (χ3v) is 5.21. The van der Waals surface area contributed by atoms with Crippen molar-refractivity contribution >= 4 is 0 Å². The van der Waals surface area contributed by atoms with E-state index in [2.05, 4.69) is 40.2 Å². The van der Waals surface area contributed by atoms with Crippen LogP contribution in [0.25, 0.3) is 0 Å². The second kappa shape index (κ2) is 8.40. The molecule has 1 atom stereocenters. The highest BCUT2D eigenvalue weighted by molar-refractivity contribution is 5.24. The summed E-state index contributed by atoms with van der Waals surface area (Å²) in [5.41, 5.74) is 4.62. The minimum Gasteiger partial charge on any atom is -0.298 e. The molecule has 1 aliphatic rings. The summed E-state index contributed by atoms with van der Waals surface area (Å²) in [4.78, 5) is 11.5. The van der Waals surface area contributed by atoms with Gasteiger partial charge in [0.1, 0.15) is 5.82 Å². The minimum atomic E-state index is -0.197. The quantitative estimate of drug-likeness (QED) is 0.666. The van der Waals surface area contributed by atoms with Gasteiger partial charge in [0.15, 0.2) is 0 Å². The molecule has 4 heteroatoms. The molecule has 4 rings (SSSR count). The number of pyridine rings is 2. The summed E-state index contributed by atoms with van der Waals surface area (Å²) in [6, 6.07) is 17.2. The fourth-order valence-corrected chi connectivity index (χ4v) is 3.82. The van der Waals surface area contributed by atoms with Crippen LogP contribution in [-0.4, -0.2) is 28.0 Å². The SMILES string of the molecule is Fc1ccc(Cc2cccc([C@@H]3CCCN(Cc4ccncc4)C3)n2)cc1. The van der Waals surface area contributed by atoms with E-state index in [1.54, 1.807) is 0 Å². The van der Waals surface area contributed by atoms with Crippen molar-refractivity contribution in [1.29, 1.82) is 0 Å². The zero-order valence-corrected chi connectivity index (χ0v) is 15.4. The maximum Gasteiger partial charge on any atom is 0.123 e. The Balaban J connectivity index is 1.43. The Kier molecular flexibility index (Phi) is 5.54. The molecule has 3 heterocycles. The lowest BCUT2D eigenvalue weighted by atomic mass is 9.93. The number of aromatic nitrogens is 2. The van der Waals surface area contributed by atoms with Crippen LogP contribution < -0.4 is 0 Å². The molecule has 0 spiro atoms. The molecule has 1 aromatic carbocycles. The molecule has 3 nitrogen and oxygen atoms in total. The molecule has 1 fully saturated rings. The van der Waals surface area contributed by atoms with Gasteiger partial charge in [0, 0.05) is 49.2 Å². The number of benzene rings is 1. The van der Waals surface area contributed by atoms with Crippen LogP contribution in [0.3, 0.4) is 0 Å². The minimum absolute atomic E-state index is 0.197. The lowest BCUT2D eigenvalue weighted by Gasteiger charge is -2.32. The first-order chi connectivity index (χ1) is 13.3. The van der Waals surface area contributed by atoms with E-state index in [9.17, 15) is 4.39 Å². The molecular formula is C23H24FN3. The average Bonchev–Trinajstić information content (AvgIpc) is 2.71. The highest BCUT2D eigenvalue weighted by atomic mass is 19.1. The average molecular weight is 361 g/mol.